The van der Waals surface area contributed by atoms with Crippen LogP contribution in [-0.2, 0) is 11.3 Å². The molecule has 160 valence electrons. The molecule has 1 aliphatic heterocycles. The van der Waals surface area contributed by atoms with Crippen molar-refractivity contribution in [3.8, 4) is 0 Å². The highest BCUT2D eigenvalue weighted by Gasteiger charge is 2.29. The molecule has 7 nitrogen and oxygen atoms in total. The lowest BCUT2D eigenvalue weighted by Crippen LogP contribution is -2.46. The van der Waals surface area contributed by atoms with E-state index in [0.717, 1.165) is 44.1 Å². The topological polar surface area (TPSA) is 68.8 Å². The molecule has 3 amide bonds. The van der Waals surface area contributed by atoms with E-state index in [-0.39, 0.29) is 18.5 Å². The third-order valence-electron chi connectivity index (χ3n) is 6.21. The summed E-state index contributed by atoms with van der Waals surface area (Å²) in [4.78, 5) is 34.9. The second kappa shape index (κ2) is 10.6. The largest absolute Gasteiger partial charge is 0.337 e. The van der Waals surface area contributed by atoms with Crippen molar-refractivity contribution in [2.45, 2.75) is 51.1 Å². The molecule has 1 aliphatic carbocycles. The summed E-state index contributed by atoms with van der Waals surface area (Å²) in [6.07, 6.45) is 11.3. The average Bonchev–Trinajstić information content (AvgIpc) is 3.27. The molecule has 1 aromatic rings. The first kappa shape index (κ1) is 21.6. The van der Waals surface area contributed by atoms with E-state index < -0.39 is 0 Å². The monoisotopic (exact) mass is 401 g/mol. The number of hydrogen-bond donors (Lipinski definition) is 1. The van der Waals surface area contributed by atoms with E-state index >= 15 is 0 Å². The fourth-order valence-corrected chi connectivity index (χ4v) is 4.47. The standard InChI is InChI=1S/C22H35N5O2/c1-25(2)22(29)24-15-21(28)27(17-19-6-5-11-23-14-19)16-18-9-12-26(13-10-18)20-7-3-4-8-20/h5-6,11,14,18,20H,3-4,7-10,12-13,15-17H2,1-2H3,(H,24,29). The Morgan fingerprint density at radius 3 is 2.52 bits per heavy atom. The van der Waals surface area contributed by atoms with Crippen LogP contribution in [0.3, 0.4) is 0 Å². The zero-order valence-corrected chi connectivity index (χ0v) is 17.8. The predicted molar refractivity (Wildman–Crippen MR) is 113 cm³/mol. The van der Waals surface area contributed by atoms with E-state index in [1.54, 1.807) is 26.5 Å². The van der Waals surface area contributed by atoms with Crippen molar-refractivity contribution in [2.75, 3.05) is 40.3 Å². The number of amides is 3. The maximum atomic E-state index is 12.9. The Balaban J connectivity index is 1.56. The van der Waals surface area contributed by atoms with Gasteiger partial charge in [-0.2, -0.15) is 0 Å². The Hall–Kier alpha value is -2.15. The van der Waals surface area contributed by atoms with E-state index in [9.17, 15) is 9.59 Å². The summed E-state index contributed by atoms with van der Waals surface area (Å²) in [5.74, 6) is 0.472. The molecule has 2 aliphatic rings. The van der Waals surface area contributed by atoms with E-state index in [1.165, 1.54) is 30.6 Å². The highest BCUT2D eigenvalue weighted by atomic mass is 16.2. The molecule has 3 rings (SSSR count). The van der Waals surface area contributed by atoms with E-state index in [0.29, 0.717) is 12.5 Å². The van der Waals surface area contributed by atoms with Gasteiger partial charge in [-0.3, -0.25) is 9.78 Å². The number of nitrogens with one attached hydrogen (secondary N) is 1. The lowest BCUT2D eigenvalue weighted by Gasteiger charge is -2.38. The number of piperidine rings is 1. The predicted octanol–water partition coefficient (Wildman–Crippen LogP) is 2.34. The van der Waals surface area contributed by atoms with Crippen LogP contribution in [0.5, 0.6) is 0 Å². The maximum absolute atomic E-state index is 12.9. The van der Waals surface area contributed by atoms with Gasteiger partial charge >= 0.3 is 6.03 Å². The minimum atomic E-state index is -0.246. The molecule has 0 radical (unpaired) electrons. The molecule has 2 fully saturated rings. The molecule has 1 aromatic heterocycles. The van der Waals surface area contributed by atoms with Gasteiger partial charge in [0.25, 0.3) is 0 Å². The lowest BCUT2D eigenvalue weighted by molar-refractivity contribution is -0.131. The summed E-state index contributed by atoms with van der Waals surface area (Å²) >= 11 is 0. The fraction of sp³-hybridized carbons (Fsp3) is 0.682. The first-order valence-corrected chi connectivity index (χ1v) is 10.9. The van der Waals surface area contributed by atoms with Crippen molar-refractivity contribution >= 4 is 11.9 Å². The van der Waals surface area contributed by atoms with E-state index in [4.69, 9.17) is 0 Å². The van der Waals surface area contributed by atoms with Crippen LogP contribution in [-0.4, -0.2) is 77.9 Å². The number of hydrogen-bond acceptors (Lipinski definition) is 4. The van der Waals surface area contributed by atoms with Crippen LogP contribution in [0.1, 0.15) is 44.1 Å². The molecule has 29 heavy (non-hydrogen) atoms. The minimum absolute atomic E-state index is 0.0260. The van der Waals surface area contributed by atoms with Gasteiger partial charge in [0.05, 0.1) is 6.54 Å². The van der Waals surface area contributed by atoms with Crippen LogP contribution in [0.4, 0.5) is 4.79 Å². The zero-order valence-electron chi connectivity index (χ0n) is 17.8. The first-order chi connectivity index (χ1) is 14.0. The number of nitrogens with zero attached hydrogens (tertiary/aromatic N) is 4. The maximum Gasteiger partial charge on any atom is 0.317 e. The van der Waals surface area contributed by atoms with Gasteiger partial charge in [-0.1, -0.05) is 18.9 Å². The van der Waals surface area contributed by atoms with Crippen LogP contribution in [0.25, 0.3) is 0 Å². The summed E-state index contributed by atoms with van der Waals surface area (Å²) in [6, 6.07) is 4.43. The number of likely N-dealkylation sites (tertiary alicyclic amines) is 1. The molecular weight excluding hydrogens is 366 g/mol. The molecule has 0 spiro atoms. The number of carbonyl (C=O) groups excluding carboxylic acids is 2. The molecule has 2 heterocycles. The van der Waals surface area contributed by atoms with Crippen LogP contribution < -0.4 is 5.32 Å². The molecule has 0 aromatic carbocycles. The van der Waals surface area contributed by atoms with Crippen molar-refractivity contribution in [3.05, 3.63) is 30.1 Å². The number of aromatic nitrogens is 1. The van der Waals surface area contributed by atoms with Gasteiger partial charge in [-0.25, -0.2) is 4.79 Å². The molecule has 1 saturated heterocycles. The highest BCUT2D eigenvalue weighted by molar-refractivity contribution is 5.83. The van der Waals surface area contributed by atoms with Gasteiger partial charge in [0, 0.05) is 45.6 Å². The summed E-state index contributed by atoms with van der Waals surface area (Å²) in [5, 5.41) is 2.70. The molecule has 1 saturated carbocycles. The van der Waals surface area contributed by atoms with Crippen LogP contribution in [0.2, 0.25) is 0 Å². The second-order valence-electron chi connectivity index (χ2n) is 8.61. The highest BCUT2D eigenvalue weighted by Crippen LogP contribution is 2.28. The second-order valence-corrected chi connectivity index (χ2v) is 8.61. The molecule has 1 N–H and O–H groups in total. The molecule has 0 bridgehead atoms. The van der Waals surface area contributed by atoms with Crippen molar-refractivity contribution in [3.63, 3.8) is 0 Å². The Kier molecular flexibility index (Phi) is 7.86. The quantitative estimate of drug-likeness (QED) is 0.761. The molecule has 7 heteroatoms. The number of pyridine rings is 1. The fourth-order valence-electron chi connectivity index (χ4n) is 4.47. The van der Waals surface area contributed by atoms with E-state index in [1.807, 2.05) is 17.0 Å². The van der Waals surface area contributed by atoms with Crippen molar-refractivity contribution in [1.29, 1.82) is 0 Å². The lowest BCUT2D eigenvalue weighted by atomic mass is 9.94. The van der Waals surface area contributed by atoms with Gasteiger partial charge in [0.2, 0.25) is 5.91 Å². The average molecular weight is 402 g/mol. The van der Waals surface area contributed by atoms with Gasteiger partial charge < -0.3 is 20.0 Å². The van der Waals surface area contributed by atoms with E-state index in [2.05, 4.69) is 15.2 Å². The third kappa shape index (κ3) is 6.42. The first-order valence-electron chi connectivity index (χ1n) is 10.9. The molecule has 0 unspecified atom stereocenters. The van der Waals surface area contributed by atoms with Gasteiger partial charge in [-0.15, -0.1) is 0 Å². The normalized spacial score (nSPS) is 18.6. The Labute approximate surface area is 174 Å². The third-order valence-corrected chi connectivity index (χ3v) is 6.21. The SMILES string of the molecule is CN(C)C(=O)NCC(=O)N(Cc1cccnc1)CC1CCN(C2CCCC2)CC1. The Morgan fingerprint density at radius 1 is 1.17 bits per heavy atom. The number of carbonyl (C=O) groups is 2. The van der Waals surface area contributed by atoms with Crippen molar-refractivity contribution in [2.24, 2.45) is 5.92 Å². The summed E-state index contributed by atoms with van der Waals surface area (Å²) < 4.78 is 0. The smallest absolute Gasteiger partial charge is 0.317 e. The molecule has 0 atom stereocenters. The van der Waals surface area contributed by atoms with Crippen LogP contribution in [0, 0.1) is 5.92 Å². The van der Waals surface area contributed by atoms with Gasteiger partial charge in [-0.05, 0) is 56.3 Å². The number of rotatable bonds is 7. The zero-order chi connectivity index (χ0) is 20.6. The summed E-state index contributed by atoms with van der Waals surface area (Å²) in [6.45, 7) is 3.58. The Morgan fingerprint density at radius 2 is 1.90 bits per heavy atom. The summed E-state index contributed by atoms with van der Waals surface area (Å²) in [5.41, 5.74) is 1.02. The van der Waals surface area contributed by atoms with Crippen molar-refractivity contribution in [1.82, 2.24) is 25.0 Å². The van der Waals surface area contributed by atoms with Crippen LogP contribution in [0.15, 0.2) is 24.5 Å². The minimum Gasteiger partial charge on any atom is -0.337 e. The molecular formula is C22H35N5O2. The van der Waals surface area contributed by atoms with Crippen LogP contribution >= 0.6 is 0 Å². The van der Waals surface area contributed by atoms with Gasteiger partial charge in [0.15, 0.2) is 0 Å². The van der Waals surface area contributed by atoms with Crippen molar-refractivity contribution < 1.29 is 9.59 Å². The Bertz CT molecular complexity index is 652. The number of urea groups is 1. The van der Waals surface area contributed by atoms with Gasteiger partial charge in [0.1, 0.15) is 0 Å². The summed E-state index contributed by atoms with van der Waals surface area (Å²) in [7, 11) is 3.34.